The van der Waals surface area contributed by atoms with Crippen molar-refractivity contribution in [2.45, 2.75) is 6.92 Å². The lowest BCUT2D eigenvalue weighted by molar-refractivity contribution is -0.119. The first-order valence-electron chi connectivity index (χ1n) is 6.89. The summed E-state index contributed by atoms with van der Waals surface area (Å²) in [6.45, 7) is 1.06. The quantitative estimate of drug-likeness (QED) is 0.501. The predicted octanol–water partition coefficient (Wildman–Crippen LogP) is 2.27. The number of ketones is 1. The standard InChI is InChI=1S/C17H16N2O4/c1-11(20)12-4-8-15(9-5-12)19-16(21)10-23-17(22)13-2-6-14(18)7-3-13/h2-9H,10,18H2,1H3,(H,19,21). The third kappa shape index (κ3) is 4.67. The largest absolute Gasteiger partial charge is 0.452 e. The van der Waals surface area contributed by atoms with Gasteiger partial charge in [0, 0.05) is 16.9 Å². The fraction of sp³-hybridized carbons (Fsp3) is 0.118. The molecule has 0 aliphatic carbocycles. The van der Waals surface area contributed by atoms with Crippen molar-refractivity contribution in [1.82, 2.24) is 0 Å². The van der Waals surface area contributed by atoms with E-state index in [9.17, 15) is 14.4 Å². The molecule has 0 heterocycles. The second-order valence-electron chi connectivity index (χ2n) is 4.88. The Balaban J connectivity index is 1.86. The van der Waals surface area contributed by atoms with Crippen LogP contribution >= 0.6 is 0 Å². The summed E-state index contributed by atoms with van der Waals surface area (Å²) in [6.07, 6.45) is 0. The Kier molecular flexibility index (Phi) is 5.09. The Hall–Kier alpha value is -3.15. The highest BCUT2D eigenvalue weighted by Gasteiger charge is 2.10. The van der Waals surface area contributed by atoms with Gasteiger partial charge in [0.2, 0.25) is 0 Å². The first-order chi connectivity index (χ1) is 11.0. The van der Waals surface area contributed by atoms with Crippen LogP contribution in [0.25, 0.3) is 0 Å². The number of ether oxygens (including phenoxy) is 1. The monoisotopic (exact) mass is 312 g/mol. The number of Topliss-reactive ketones (excluding diaryl/α,β-unsaturated/α-hetero) is 1. The number of nitrogens with one attached hydrogen (secondary N) is 1. The van der Waals surface area contributed by atoms with Gasteiger partial charge in [-0.2, -0.15) is 0 Å². The van der Waals surface area contributed by atoms with Crippen molar-refractivity contribution in [3.63, 3.8) is 0 Å². The molecule has 3 N–H and O–H groups in total. The summed E-state index contributed by atoms with van der Waals surface area (Å²) in [4.78, 5) is 34.7. The van der Waals surface area contributed by atoms with Crippen LogP contribution in [0.5, 0.6) is 0 Å². The number of anilines is 2. The molecule has 0 saturated carbocycles. The summed E-state index contributed by atoms with van der Waals surface area (Å²) < 4.78 is 4.92. The first kappa shape index (κ1) is 16.2. The van der Waals surface area contributed by atoms with Crippen LogP contribution in [0.1, 0.15) is 27.6 Å². The Labute approximate surface area is 133 Å². The molecule has 0 atom stereocenters. The number of carbonyl (C=O) groups is 3. The minimum atomic E-state index is -0.605. The first-order valence-corrected chi connectivity index (χ1v) is 6.89. The highest BCUT2D eigenvalue weighted by molar-refractivity contribution is 5.97. The maximum atomic E-state index is 11.8. The molecule has 0 saturated heterocycles. The smallest absolute Gasteiger partial charge is 0.338 e. The summed E-state index contributed by atoms with van der Waals surface area (Å²) in [5.74, 6) is -1.13. The number of hydrogen-bond acceptors (Lipinski definition) is 5. The van der Waals surface area contributed by atoms with Crippen molar-refractivity contribution < 1.29 is 19.1 Å². The average Bonchev–Trinajstić information content (AvgIpc) is 2.54. The van der Waals surface area contributed by atoms with Gasteiger partial charge in [0.15, 0.2) is 12.4 Å². The summed E-state index contributed by atoms with van der Waals surface area (Å²) in [6, 6.07) is 12.6. The van der Waals surface area contributed by atoms with E-state index in [0.29, 0.717) is 22.5 Å². The Morgan fingerprint density at radius 1 is 0.957 bits per heavy atom. The van der Waals surface area contributed by atoms with Crippen molar-refractivity contribution in [2.75, 3.05) is 17.7 Å². The van der Waals surface area contributed by atoms with E-state index in [-0.39, 0.29) is 5.78 Å². The Morgan fingerprint density at radius 3 is 2.09 bits per heavy atom. The van der Waals surface area contributed by atoms with E-state index in [1.807, 2.05) is 0 Å². The lowest BCUT2D eigenvalue weighted by Gasteiger charge is -2.07. The van der Waals surface area contributed by atoms with Gasteiger partial charge in [0.25, 0.3) is 5.91 Å². The number of amides is 1. The van der Waals surface area contributed by atoms with Crippen molar-refractivity contribution in [3.05, 3.63) is 59.7 Å². The van der Waals surface area contributed by atoms with Gasteiger partial charge in [-0.15, -0.1) is 0 Å². The minimum absolute atomic E-state index is 0.0553. The molecule has 2 rings (SSSR count). The van der Waals surface area contributed by atoms with Gasteiger partial charge >= 0.3 is 5.97 Å². The number of benzene rings is 2. The minimum Gasteiger partial charge on any atom is -0.452 e. The van der Waals surface area contributed by atoms with E-state index in [1.165, 1.54) is 19.1 Å². The van der Waals surface area contributed by atoms with Gasteiger partial charge in [-0.05, 0) is 55.5 Å². The molecule has 0 aliphatic rings. The SMILES string of the molecule is CC(=O)c1ccc(NC(=O)COC(=O)c2ccc(N)cc2)cc1. The second-order valence-corrected chi connectivity index (χ2v) is 4.88. The van der Waals surface area contributed by atoms with Crippen LogP contribution in [0.4, 0.5) is 11.4 Å². The Morgan fingerprint density at radius 2 is 1.52 bits per heavy atom. The molecule has 2 aromatic carbocycles. The molecular weight excluding hydrogens is 296 g/mol. The maximum Gasteiger partial charge on any atom is 0.338 e. The van der Waals surface area contributed by atoms with Gasteiger partial charge in [-0.25, -0.2) is 4.79 Å². The zero-order valence-electron chi connectivity index (χ0n) is 12.5. The van der Waals surface area contributed by atoms with Crippen LogP contribution in [0.15, 0.2) is 48.5 Å². The molecular formula is C17H16N2O4. The number of rotatable bonds is 5. The molecule has 0 bridgehead atoms. The molecule has 0 spiro atoms. The Bertz CT molecular complexity index is 721. The van der Waals surface area contributed by atoms with Crippen molar-refractivity contribution in [2.24, 2.45) is 0 Å². The molecule has 0 fully saturated rings. The third-order valence-electron chi connectivity index (χ3n) is 3.06. The van der Waals surface area contributed by atoms with Gasteiger partial charge in [0.1, 0.15) is 0 Å². The van der Waals surface area contributed by atoms with Crippen LogP contribution in [-0.2, 0) is 9.53 Å². The number of nitrogens with two attached hydrogens (primary N) is 1. The molecule has 6 nitrogen and oxygen atoms in total. The van der Waals surface area contributed by atoms with Crippen LogP contribution in [-0.4, -0.2) is 24.3 Å². The highest BCUT2D eigenvalue weighted by atomic mass is 16.5. The van der Waals surface area contributed by atoms with Crippen molar-refractivity contribution >= 4 is 29.0 Å². The highest BCUT2D eigenvalue weighted by Crippen LogP contribution is 2.10. The van der Waals surface area contributed by atoms with E-state index in [1.54, 1.807) is 36.4 Å². The van der Waals surface area contributed by atoms with Gasteiger partial charge in [-0.1, -0.05) is 0 Å². The molecule has 0 radical (unpaired) electrons. The molecule has 118 valence electrons. The van der Waals surface area contributed by atoms with Crippen LogP contribution in [0, 0.1) is 0 Å². The molecule has 0 unspecified atom stereocenters. The maximum absolute atomic E-state index is 11.8. The molecule has 23 heavy (non-hydrogen) atoms. The third-order valence-corrected chi connectivity index (χ3v) is 3.06. The summed E-state index contributed by atoms with van der Waals surface area (Å²) in [5.41, 5.74) is 7.45. The lowest BCUT2D eigenvalue weighted by atomic mass is 10.1. The van der Waals surface area contributed by atoms with E-state index in [2.05, 4.69) is 5.32 Å². The topological polar surface area (TPSA) is 98.5 Å². The normalized spacial score (nSPS) is 9.96. The molecule has 6 heteroatoms. The molecule has 1 amide bonds. The van der Waals surface area contributed by atoms with Crippen molar-refractivity contribution in [3.8, 4) is 0 Å². The number of esters is 1. The van der Waals surface area contributed by atoms with Gasteiger partial charge in [-0.3, -0.25) is 9.59 Å². The molecule has 0 aliphatic heterocycles. The van der Waals surface area contributed by atoms with Crippen LogP contribution < -0.4 is 11.1 Å². The van der Waals surface area contributed by atoms with E-state index >= 15 is 0 Å². The second kappa shape index (κ2) is 7.22. The predicted molar refractivity (Wildman–Crippen MR) is 86.2 cm³/mol. The number of nitrogen functional groups attached to an aromatic ring is 1. The zero-order chi connectivity index (χ0) is 16.8. The fourth-order valence-corrected chi connectivity index (χ4v) is 1.82. The molecule has 2 aromatic rings. The summed E-state index contributed by atoms with van der Waals surface area (Å²) in [7, 11) is 0. The fourth-order valence-electron chi connectivity index (χ4n) is 1.82. The average molecular weight is 312 g/mol. The van der Waals surface area contributed by atoms with Gasteiger partial charge in [0.05, 0.1) is 5.56 Å². The van der Waals surface area contributed by atoms with Crippen LogP contribution in [0.3, 0.4) is 0 Å². The molecule has 0 aromatic heterocycles. The zero-order valence-corrected chi connectivity index (χ0v) is 12.5. The summed E-state index contributed by atoms with van der Waals surface area (Å²) >= 11 is 0. The van der Waals surface area contributed by atoms with Crippen molar-refractivity contribution in [1.29, 1.82) is 0 Å². The van der Waals surface area contributed by atoms with E-state index in [4.69, 9.17) is 10.5 Å². The number of hydrogen-bond donors (Lipinski definition) is 2. The van der Waals surface area contributed by atoms with Gasteiger partial charge < -0.3 is 15.8 Å². The summed E-state index contributed by atoms with van der Waals surface area (Å²) in [5, 5.41) is 2.58. The lowest BCUT2D eigenvalue weighted by Crippen LogP contribution is -2.20. The number of carbonyl (C=O) groups excluding carboxylic acids is 3. The van der Waals surface area contributed by atoms with E-state index < -0.39 is 18.5 Å². The van der Waals surface area contributed by atoms with E-state index in [0.717, 1.165) is 0 Å². The van der Waals surface area contributed by atoms with Crippen LogP contribution in [0.2, 0.25) is 0 Å².